The Morgan fingerprint density at radius 3 is 2.42 bits per heavy atom. The van der Waals surface area contributed by atoms with Crippen molar-refractivity contribution >= 4 is 11.7 Å². The Labute approximate surface area is 117 Å². The Bertz CT molecular complexity index is 332. The van der Waals surface area contributed by atoms with E-state index in [4.69, 9.17) is 0 Å². The maximum Gasteiger partial charge on any atom is 0.243 e. The van der Waals surface area contributed by atoms with Crippen LogP contribution in [-0.2, 0) is 9.59 Å². The summed E-state index contributed by atoms with van der Waals surface area (Å²) >= 11 is 0. The molecule has 3 nitrogen and oxygen atoms in total. The summed E-state index contributed by atoms with van der Waals surface area (Å²) in [6.45, 7) is 14.0. The lowest BCUT2D eigenvalue weighted by molar-refractivity contribution is -0.117. The molecule has 1 atom stereocenters. The molecule has 1 amide bonds. The molecule has 0 saturated heterocycles. The monoisotopic (exact) mass is 265 g/mol. The number of ketones is 1. The molecule has 0 saturated carbocycles. The highest BCUT2D eigenvalue weighted by molar-refractivity contribution is 5.88. The molecule has 0 aromatic rings. The summed E-state index contributed by atoms with van der Waals surface area (Å²) in [6.07, 6.45) is 6.22. The summed E-state index contributed by atoms with van der Waals surface area (Å²) in [5.41, 5.74) is 0.0561. The van der Waals surface area contributed by atoms with Gasteiger partial charge in [0.05, 0.1) is 0 Å². The van der Waals surface area contributed by atoms with Crippen LogP contribution in [0.4, 0.5) is 0 Å². The molecular weight excluding hydrogens is 238 g/mol. The van der Waals surface area contributed by atoms with Crippen LogP contribution in [0, 0.1) is 11.3 Å². The number of amides is 1. The molecule has 0 aromatic carbocycles. The molecule has 108 valence electrons. The van der Waals surface area contributed by atoms with E-state index >= 15 is 0 Å². The summed E-state index contributed by atoms with van der Waals surface area (Å²) in [7, 11) is 0. The van der Waals surface area contributed by atoms with E-state index in [9.17, 15) is 9.59 Å². The second-order valence-corrected chi connectivity index (χ2v) is 5.96. The van der Waals surface area contributed by atoms with E-state index in [0.29, 0.717) is 18.9 Å². The van der Waals surface area contributed by atoms with Crippen LogP contribution in [0.15, 0.2) is 25.3 Å². The van der Waals surface area contributed by atoms with Crippen molar-refractivity contribution in [3.05, 3.63) is 25.3 Å². The lowest BCUT2D eigenvalue weighted by Gasteiger charge is -2.28. The highest BCUT2D eigenvalue weighted by Crippen LogP contribution is 2.27. The fraction of sp³-hybridized carbons (Fsp3) is 0.625. The third kappa shape index (κ3) is 9.23. The second-order valence-electron chi connectivity index (χ2n) is 5.96. The summed E-state index contributed by atoms with van der Waals surface area (Å²) in [6, 6.07) is 0. The molecule has 0 aliphatic heterocycles. The number of hydrogen-bond acceptors (Lipinski definition) is 2. The van der Waals surface area contributed by atoms with Gasteiger partial charge in [-0.3, -0.25) is 9.59 Å². The Morgan fingerprint density at radius 1 is 1.26 bits per heavy atom. The van der Waals surface area contributed by atoms with Gasteiger partial charge in [0.15, 0.2) is 5.78 Å². The minimum Gasteiger partial charge on any atom is -0.352 e. The first-order chi connectivity index (χ1) is 8.80. The predicted octanol–water partition coefficient (Wildman–Crippen LogP) is 3.27. The molecular formula is C16H27NO2. The summed E-state index contributed by atoms with van der Waals surface area (Å²) in [5.74, 6) is 0.523. The standard InChI is InChI=1S/C16H27NO2/c1-6-14(18)10-8-9-13(3)11-16(4,5)12-17-15(19)7-2/h6-7,13H,1-2,8-12H2,3-5H3,(H,17,19). The first kappa shape index (κ1) is 17.6. The lowest BCUT2D eigenvalue weighted by atomic mass is 9.81. The number of rotatable bonds is 10. The van der Waals surface area contributed by atoms with Gasteiger partial charge in [0.2, 0.25) is 5.91 Å². The molecule has 0 heterocycles. The number of allylic oxidation sites excluding steroid dienone is 1. The summed E-state index contributed by atoms with van der Waals surface area (Å²) in [5, 5.41) is 2.84. The van der Waals surface area contributed by atoms with Crippen LogP contribution in [0.1, 0.15) is 46.5 Å². The van der Waals surface area contributed by atoms with E-state index in [1.807, 2.05) is 0 Å². The SMILES string of the molecule is C=CC(=O)CCCC(C)CC(C)(C)CNC(=O)C=C. The molecule has 0 rings (SSSR count). The van der Waals surface area contributed by atoms with Crippen LogP contribution in [0.25, 0.3) is 0 Å². The zero-order valence-corrected chi connectivity index (χ0v) is 12.5. The van der Waals surface area contributed by atoms with Gasteiger partial charge in [-0.15, -0.1) is 0 Å². The smallest absolute Gasteiger partial charge is 0.243 e. The van der Waals surface area contributed by atoms with Crippen molar-refractivity contribution < 1.29 is 9.59 Å². The third-order valence-electron chi connectivity index (χ3n) is 3.18. The summed E-state index contributed by atoms with van der Waals surface area (Å²) in [4.78, 5) is 22.3. The molecule has 0 aromatic heterocycles. The molecule has 0 aliphatic carbocycles. The van der Waals surface area contributed by atoms with Crippen molar-refractivity contribution in [2.75, 3.05) is 6.54 Å². The number of hydrogen-bond donors (Lipinski definition) is 1. The van der Waals surface area contributed by atoms with Gasteiger partial charge in [0.25, 0.3) is 0 Å². The Morgan fingerprint density at radius 2 is 1.89 bits per heavy atom. The van der Waals surface area contributed by atoms with Gasteiger partial charge < -0.3 is 5.32 Å². The van der Waals surface area contributed by atoms with Gasteiger partial charge in [-0.1, -0.05) is 40.3 Å². The molecule has 0 spiro atoms. The highest BCUT2D eigenvalue weighted by Gasteiger charge is 2.21. The Balaban J connectivity index is 3.97. The van der Waals surface area contributed by atoms with E-state index in [1.165, 1.54) is 12.2 Å². The molecule has 1 unspecified atom stereocenters. The Hall–Kier alpha value is -1.38. The van der Waals surface area contributed by atoms with Crippen molar-refractivity contribution in [1.82, 2.24) is 5.32 Å². The van der Waals surface area contributed by atoms with Gasteiger partial charge in [-0.2, -0.15) is 0 Å². The van der Waals surface area contributed by atoms with Crippen LogP contribution in [0.2, 0.25) is 0 Å². The van der Waals surface area contributed by atoms with E-state index < -0.39 is 0 Å². The van der Waals surface area contributed by atoms with Crippen molar-refractivity contribution in [3.63, 3.8) is 0 Å². The topological polar surface area (TPSA) is 46.2 Å². The molecule has 1 N–H and O–H groups in total. The van der Waals surface area contributed by atoms with E-state index in [2.05, 4.69) is 39.2 Å². The largest absolute Gasteiger partial charge is 0.352 e. The molecule has 0 fully saturated rings. The van der Waals surface area contributed by atoms with Gasteiger partial charge in [-0.25, -0.2) is 0 Å². The van der Waals surface area contributed by atoms with Crippen molar-refractivity contribution in [3.8, 4) is 0 Å². The number of nitrogens with one attached hydrogen (secondary N) is 1. The van der Waals surface area contributed by atoms with Crippen LogP contribution in [-0.4, -0.2) is 18.2 Å². The van der Waals surface area contributed by atoms with Gasteiger partial charge >= 0.3 is 0 Å². The number of carbonyl (C=O) groups is 2. The van der Waals surface area contributed by atoms with Crippen LogP contribution in [0.5, 0.6) is 0 Å². The molecule has 3 heteroatoms. The summed E-state index contributed by atoms with van der Waals surface area (Å²) < 4.78 is 0. The lowest BCUT2D eigenvalue weighted by Crippen LogP contribution is -2.34. The first-order valence-corrected chi connectivity index (χ1v) is 6.86. The van der Waals surface area contributed by atoms with Crippen molar-refractivity contribution in [2.45, 2.75) is 46.5 Å². The van der Waals surface area contributed by atoms with Gasteiger partial charge in [0, 0.05) is 13.0 Å². The zero-order valence-electron chi connectivity index (χ0n) is 12.5. The van der Waals surface area contributed by atoms with Gasteiger partial charge in [-0.05, 0) is 36.3 Å². The fourth-order valence-corrected chi connectivity index (χ4v) is 2.24. The minimum absolute atomic E-state index is 0.0561. The van der Waals surface area contributed by atoms with Crippen LogP contribution < -0.4 is 5.32 Å². The third-order valence-corrected chi connectivity index (χ3v) is 3.18. The van der Waals surface area contributed by atoms with Crippen molar-refractivity contribution in [2.24, 2.45) is 11.3 Å². The molecule has 0 radical (unpaired) electrons. The number of carbonyl (C=O) groups excluding carboxylic acids is 2. The van der Waals surface area contributed by atoms with Crippen molar-refractivity contribution in [1.29, 1.82) is 0 Å². The zero-order chi connectivity index (χ0) is 14.9. The quantitative estimate of drug-likeness (QED) is 0.616. The Kier molecular flexibility index (Phi) is 8.05. The predicted molar refractivity (Wildman–Crippen MR) is 79.8 cm³/mol. The average molecular weight is 265 g/mol. The average Bonchev–Trinajstić information content (AvgIpc) is 2.35. The van der Waals surface area contributed by atoms with Gasteiger partial charge in [0.1, 0.15) is 0 Å². The first-order valence-electron chi connectivity index (χ1n) is 6.86. The van der Waals surface area contributed by atoms with Crippen LogP contribution >= 0.6 is 0 Å². The molecule has 19 heavy (non-hydrogen) atoms. The highest BCUT2D eigenvalue weighted by atomic mass is 16.1. The maximum atomic E-state index is 11.1. The molecule has 0 bridgehead atoms. The van der Waals surface area contributed by atoms with E-state index in [1.54, 1.807) is 0 Å². The van der Waals surface area contributed by atoms with E-state index in [0.717, 1.165) is 19.3 Å². The maximum absolute atomic E-state index is 11.1. The van der Waals surface area contributed by atoms with Crippen LogP contribution in [0.3, 0.4) is 0 Å². The van der Waals surface area contributed by atoms with E-state index in [-0.39, 0.29) is 17.1 Å². The normalized spacial score (nSPS) is 12.6. The molecule has 0 aliphatic rings. The fourth-order valence-electron chi connectivity index (χ4n) is 2.24. The second kappa shape index (κ2) is 8.68. The minimum atomic E-state index is -0.127.